The lowest BCUT2D eigenvalue weighted by molar-refractivity contribution is 0.0292. The summed E-state index contributed by atoms with van der Waals surface area (Å²) in [6.45, 7) is 6.94. The zero-order valence-electron chi connectivity index (χ0n) is 17.4. The molecule has 0 bridgehead atoms. The van der Waals surface area contributed by atoms with E-state index in [0.29, 0.717) is 18.8 Å². The molecule has 0 aromatic heterocycles. The minimum atomic E-state index is -0.490. The highest BCUT2D eigenvalue weighted by molar-refractivity contribution is 5.88. The van der Waals surface area contributed by atoms with Gasteiger partial charge in [0.05, 0.1) is 0 Å². The first-order chi connectivity index (χ1) is 13.7. The van der Waals surface area contributed by atoms with E-state index in [9.17, 15) is 9.59 Å². The highest BCUT2D eigenvalue weighted by atomic mass is 16.6. The van der Waals surface area contributed by atoms with Gasteiger partial charge in [-0.3, -0.25) is 4.90 Å². The summed E-state index contributed by atoms with van der Waals surface area (Å²) in [6, 6.07) is 16.8. The van der Waals surface area contributed by atoms with E-state index in [0.717, 1.165) is 17.7 Å². The highest BCUT2D eigenvalue weighted by Gasteiger charge is 2.30. The Kier molecular flexibility index (Phi) is 6.11. The number of carbonyl (C=O) groups excluding carboxylic acids is 2. The van der Waals surface area contributed by atoms with Gasteiger partial charge in [-0.1, -0.05) is 30.3 Å². The molecule has 1 fully saturated rings. The van der Waals surface area contributed by atoms with Crippen LogP contribution in [-0.4, -0.2) is 42.8 Å². The zero-order valence-corrected chi connectivity index (χ0v) is 17.4. The standard InChI is InChI=1S/C23H28N2O4/c1-23(2,3)29-22(27)25-15-14-18(16-25)17-10-12-19(13-11-17)24(4)21(26)28-20-8-6-5-7-9-20/h5-13,18H,14-16H2,1-4H3/t18-/m1/s1. The minimum absolute atomic E-state index is 0.262. The second kappa shape index (κ2) is 8.55. The van der Waals surface area contributed by atoms with Gasteiger partial charge in [0.1, 0.15) is 11.4 Å². The lowest BCUT2D eigenvalue weighted by Gasteiger charge is -2.24. The highest BCUT2D eigenvalue weighted by Crippen LogP contribution is 2.29. The number of rotatable bonds is 3. The van der Waals surface area contributed by atoms with Crippen molar-refractivity contribution in [3.63, 3.8) is 0 Å². The molecule has 0 radical (unpaired) electrons. The van der Waals surface area contributed by atoms with Gasteiger partial charge < -0.3 is 14.4 Å². The van der Waals surface area contributed by atoms with Crippen LogP contribution >= 0.6 is 0 Å². The lowest BCUT2D eigenvalue weighted by Crippen LogP contribution is -2.35. The molecule has 6 nitrogen and oxygen atoms in total. The molecule has 29 heavy (non-hydrogen) atoms. The monoisotopic (exact) mass is 396 g/mol. The number of ether oxygens (including phenoxy) is 2. The molecule has 1 heterocycles. The molecule has 2 aromatic carbocycles. The molecule has 2 amide bonds. The van der Waals surface area contributed by atoms with Crippen molar-refractivity contribution in [2.24, 2.45) is 0 Å². The SMILES string of the molecule is CN(C(=O)Oc1ccccc1)c1ccc([C@@H]2CCN(C(=O)OC(C)(C)C)C2)cc1. The normalized spacial score (nSPS) is 16.4. The molecular formula is C23H28N2O4. The predicted molar refractivity (Wildman–Crippen MR) is 112 cm³/mol. The van der Waals surface area contributed by atoms with Crippen molar-refractivity contribution < 1.29 is 19.1 Å². The Morgan fingerprint density at radius 2 is 1.69 bits per heavy atom. The summed E-state index contributed by atoms with van der Waals surface area (Å²) in [5, 5.41) is 0. The number of carbonyl (C=O) groups is 2. The molecule has 1 saturated heterocycles. The average molecular weight is 396 g/mol. The van der Waals surface area contributed by atoms with Gasteiger partial charge >= 0.3 is 12.2 Å². The number of hydrogen-bond acceptors (Lipinski definition) is 4. The van der Waals surface area contributed by atoms with Crippen LogP contribution in [0, 0.1) is 0 Å². The molecule has 0 spiro atoms. The van der Waals surface area contributed by atoms with E-state index < -0.39 is 11.7 Å². The number of anilines is 1. The van der Waals surface area contributed by atoms with E-state index >= 15 is 0 Å². The van der Waals surface area contributed by atoms with Crippen molar-refractivity contribution in [2.75, 3.05) is 25.0 Å². The van der Waals surface area contributed by atoms with Gasteiger partial charge in [0, 0.05) is 31.7 Å². The first-order valence-electron chi connectivity index (χ1n) is 9.81. The van der Waals surface area contributed by atoms with Crippen LogP contribution < -0.4 is 9.64 Å². The van der Waals surface area contributed by atoms with Crippen LogP contribution in [0.3, 0.4) is 0 Å². The summed E-state index contributed by atoms with van der Waals surface area (Å²) in [4.78, 5) is 27.8. The summed E-state index contributed by atoms with van der Waals surface area (Å²) in [5.41, 5.74) is 1.40. The fourth-order valence-corrected chi connectivity index (χ4v) is 3.26. The average Bonchev–Trinajstić information content (AvgIpc) is 3.17. The Bertz CT molecular complexity index is 843. The molecule has 1 aliphatic rings. The van der Waals surface area contributed by atoms with E-state index in [1.807, 2.05) is 63.2 Å². The van der Waals surface area contributed by atoms with Crippen molar-refractivity contribution >= 4 is 17.9 Å². The van der Waals surface area contributed by atoms with Gasteiger partial charge in [-0.25, -0.2) is 9.59 Å². The van der Waals surface area contributed by atoms with E-state index in [1.54, 1.807) is 24.1 Å². The maximum atomic E-state index is 12.3. The van der Waals surface area contributed by atoms with Crippen LogP contribution in [-0.2, 0) is 4.74 Å². The lowest BCUT2D eigenvalue weighted by atomic mass is 9.98. The number of likely N-dealkylation sites (tertiary alicyclic amines) is 1. The molecule has 1 atom stereocenters. The zero-order chi connectivity index (χ0) is 21.0. The maximum absolute atomic E-state index is 12.3. The molecule has 2 aromatic rings. The summed E-state index contributed by atoms with van der Waals surface area (Å²) in [6.07, 6.45) is 0.186. The van der Waals surface area contributed by atoms with Crippen molar-refractivity contribution in [1.82, 2.24) is 4.90 Å². The molecule has 0 unspecified atom stereocenters. The second-order valence-electron chi connectivity index (χ2n) is 8.24. The van der Waals surface area contributed by atoms with Crippen molar-refractivity contribution in [1.29, 1.82) is 0 Å². The molecule has 154 valence electrons. The van der Waals surface area contributed by atoms with Gasteiger partial charge in [-0.15, -0.1) is 0 Å². The molecule has 3 rings (SSSR count). The number of hydrogen-bond donors (Lipinski definition) is 0. The quantitative estimate of drug-likeness (QED) is 0.729. The van der Waals surface area contributed by atoms with Crippen LogP contribution in [0.4, 0.5) is 15.3 Å². The molecule has 6 heteroatoms. The Balaban J connectivity index is 1.59. The number of benzene rings is 2. The number of para-hydroxylation sites is 1. The first kappa shape index (κ1) is 20.7. The fraction of sp³-hybridized carbons (Fsp3) is 0.391. The van der Waals surface area contributed by atoms with Gasteiger partial charge in [-0.05, 0) is 57.0 Å². The predicted octanol–water partition coefficient (Wildman–Crippen LogP) is 5.05. The molecular weight excluding hydrogens is 368 g/mol. The van der Waals surface area contributed by atoms with Gasteiger partial charge in [0.15, 0.2) is 0 Å². The van der Waals surface area contributed by atoms with E-state index in [2.05, 4.69) is 0 Å². The summed E-state index contributed by atoms with van der Waals surface area (Å²) < 4.78 is 10.8. The minimum Gasteiger partial charge on any atom is -0.444 e. The van der Waals surface area contributed by atoms with Crippen molar-refractivity contribution in [3.05, 3.63) is 60.2 Å². The van der Waals surface area contributed by atoms with E-state index in [-0.39, 0.29) is 12.0 Å². The largest absolute Gasteiger partial charge is 0.444 e. The smallest absolute Gasteiger partial charge is 0.419 e. The summed E-state index contributed by atoms with van der Waals surface area (Å²) in [7, 11) is 1.68. The fourth-order valence-electron chi connectivity index (χ4n) is 3.26. The molecule has 0 aliphatic carbocycles. The third-order valence-electron chi connectivity index (χ3n) is 4.81. The maximum Gasteiger partial charge on any atom is 0.419 e. The van der Waals surface area contributed by atoms with Gasteiger partial charge in [0.2, 0.25) is 0 Å². The third kappa shape index (κ3) is 5.50. The Morgan fingerprint density at radius 3 is 2.31 bits per heavy atom. The van der Waals surface area contributed by atoms with Crippen LogP contribution in [0.2, 0.25) is 0 Å². The van der Waals surface area contributed by atoms with E-state index in [4.69, 9.17) is 9.47 Å². The Hall–Kier alpha value is -3.02. The van der Waals surface area contributed by atoms with Crippen LogP contribution in [0.25, 0.3) is 0 Å². The Labute approximate surface area is 172 Å². The first-order valence-corrected chi connectivity index (χ1v) is 9.81. The second-order valence-corrected chi connectivity index (χ2v) is 8.24. The van der Waals surface area contributed by atoms with Crippen LogP contribution in [0.1, 0.15) is 38.7 Å². The summed E-state index contributed by atoms with van der Waals surface area (Å²) in [5.74, 6) is 0.771. The van der Waals surface area contributed by atoms with Gasteiger partial charge in [0.25, 0.3) is 0 Å². The topological polar surface area (TPSA) is 59.1 Å². The number of nitrogens with zero attached hydrogens (tertiary/aromatic N) is 2. The number of amides is 2. The van der Waals surface area contributed by atoms with Gasteiger partial charge in [-0.2, -0.15) is 0 Å². The van der Waals surface area contributed by atoms with E-state index in [1.165, 1.54) is 4.90 Å². The van der Waals surface area contributed by atoms with Crippen molar-refractivity contribution in [2.45, 2.75) is 38.7 Å². The molecule has 1 aliphatic heterocycles. The Morgan fingerprint density at radius 1 is 1.03 bits per heavy atom. The molecule has 0 N–H and O–H groups in total. The van der Waals surface area contributed by atoms with Crippen molar-refractivity contribution in [3.8, 4) is 5.75 Å². The summed E-state index contributed by atoms with van der Waals surface area (Å²) >= 11 is 0. The third-order valence-corrected chi connectivity index (χ3v) is 4.81. The molecule has 0 saturated carbocycles. The van der Waals surface area contributed by atoms with Crippen LogP contribution in [0.15, 0.2) is 54.6 Å². The van der Waals surface area contributed by atoms with Crippen LogP contribution in [0.5, 0.6) is 5.75 Å².